The molecule has 1 aromatic heterocycles. The standard InChI is InChI=1S/C17H10Cl3NO4/c1-24-14-4-2-3-8-5-9(17(23)25-15(8)14)16(22)21-13-7-11(19)10(18)6-12(13)20/h2-7H,1H3,(H,21,22). The average Bonchev–Trinajstić information content (AvgIpc) is 2.58. The SMILES string of the molecule is COc1cccc2cc(C(=O)Nc3cc(Cl)c(Cl)cc3Cl)c(=O)oc12. The first-order valence-corrected chi connectivity index (χ1v) is 8.11. The van der Waals surface area contributed by atoms with Gasteiger partial charge in [-0.1, -0.05) is 46.9 Å². The second kappa shape index (κ2) is 6.96. The number of methoxy groups -OCH3 is 1. The molecule has 1 heterocycles. The molecule has 0 unspecified atom stereocenters. The molecule has 0 aliphatic rings. The number of anilines is 1. The largest absolute Gasteiger partial charge is 0.493 e. The van der Waals surface area contributed by atoms with E-state index >= 15 is 0 Å². The molecule has 2 aromatic carbocycles. The zero-order valence-corrected chi connectivity index (χ0v) is 15.0. The van der Waals surface area contributed by atoms with Gasteiger partial charge in [-0.05, 0) is 24.3 Å². The molecule has 25 heavy (non-hydrogen) atoms. The van der Waals surface area contributed by atoms with Crippen LogP contribution in [0.25, 0.3) is 11.0 Å². The Morgan fingerprint density at radius 3 is 2.52 bits per heavy atom. The number of benzene rings is 2. The predicted octanol–water partition coefficient (Wildman–Crippen LogP) is 5.01. The summed E-state index contributed by atoms with van der Waals surface area (Å²) in [6.45, 7) is 0. The lowest BCUT2D eigenvalue weighted by Gasteiger charge is -2.09. The van der Waals surface area contributed by atoms with Gasteiger partial charge in [0.05, 0.1) is 27.9 Å². The Hall–Kier alpha value is -2.21. The van der Waals surface area contributed by atoms with Gasteiger partial charge in [-0.2, -0.15) is 0 Å². The molecule has 0 radical (unpaired) electrons. The van der Waals surface area contributed by atoms with Gasteiger partial charge < -0.3 is 14.5 Å². The third-order valence-electron chi connectivity index (χ3n) is 3.45. The van der Waals surface area contributed by atoms with Crippen molar-refractivity contribution in [2.45, 2.75) is 0 Å². The summed E-state index contributed by atoms with van der Waals surface area (Å²) < 4.78 is 10.4. The number of hydrogen-bond acceptors (Lipinski definition) is 4. The summed E-state index contributed by atoms with van der Waals surface area (Å²) in [5, 5.41) is 3.73. The minimum absolute atomic E-state index is 0.178. The van der Waals surface area contributed by atoms with Gasteiger partial charge in [0.15, 0.2) is 11.3 Å². The lowest BCUT2D eigenvalue weighted by molar-refractivity contribution is 0.102. The number of amides is 1. The Morgan fingerprint density at radius 1 is 1.08 bits per heavy atom. The van der Waals surface area contributed by atoms with Crippen molar-refractivity contribution in [1.29, 1.82) is 0 Å². The Bertz CT molecular complexity index is 1050. The van der Waals surface area contributed by atoms with Crippen LogP contribution in [0.3, 0.4) is 0 Å². The summed E-state index contributed by atoms with van der Waals surface area (Å²) in [6, 6.07) is 9.29. The van der Waals surface area contributed by atoms with Crippen LogP contribution in [-0.4, -0.2) is 13.0 Å². The highest BCUT2D eigenvalue weighted by Crippen LogP contribution is 2.32. The molecule has 0 saturated heterocycles. The number of fused-ring (bicyclic) bond motifs is 1. The van der Waals surface area contributed by atoms with Crippen LogP contribution < -0.4 is 15.7 Å². The lowest BCUT2D eigenvalue weighted by atomic mass is 10.1. The van der Waals surface area contributed by atoms with Gasteiger partial charge in [0, 0.05) is 5.39 Å². The first-order chi connectivity index (χ1) is 11.9. The first-order valence-electron chi connectivity index (χ1n) is 6.97. The van der Waals surface area contributed by atoms with E-state index in [0.717, 1.165) is 0 Å². The monoisotopic (exact) mass is 397 g/mol. The molecule has 0 atom stereocenters. The second-order valence-corrected chi connectivity index (χ2v) is 6.25. The molecule has 1 amide bonds. The van der Waals surface area contributed by atoms with Gasteiger partial charge in [-0.25, -0.2) is 4.79 Å². The number of rotatable bonds is 3. The maximum atomic E-state index is 12.4. The van der Waals surface area contributed by atoms with E-state index in [2.05, 4.69) is 5.32 Å². The molecular weight excluding hydrogens is 389 g/mol. The van der Waals surface area contributed by atoms with Crippen molar-refractivity contribution in [2.75, 3.05) is 12.4 Å². The number of carbonyl (C=O) groups excluding carboxylic acids is 1. The molecule has 128 valence electrons. The van der Waals surface area contributed by atoms with E-state index in [4.69, 9.17) is 44.0 Å². The van der Waals surface area contributed by atoms with Crippen LogP contribution in [0, 0.1) is 0 Å². The fourth-order valence-corrected chi connectivity index (χ4v) is 2.84. The number of halogens is 3. The first kappa shape index (κ1) is 17.6. The summed E-state index contributed by atoms with van der Waals surface area (Å²) in [7, 11) is 1.46. The van der Waals surface area contributed by atoms with Crippen molar-refractivity contribution >= 4 is 57.4 Å². The molecule has 0 fully saturated rings. The summed E-state index contributed by atoms with van der Waals surface area (Å²) in [4.78, 5) is 24.6. The third kappa shape index (κ3) is 3.44. The van der Waals surface area contributed by atoms with Crippen molar-refractivity contribution in [2.24, 2.45) is 0 Å². The summed E-state index contributed by atoms with van der Waals surface area (Å²) in [5.74, 6) is -0.284. The highest BCUT2D eigenvalue weighted by molar-refractivity contribution is 6.44. The highest BCUT2D eigenvalue weighted by Gasteiger charge is 2.17. The summed E-state index contributed by atoms with van der Waals surface area (Å²) in [6.07, 6.45) is 0. The molecule has 8 heteroatoms. The molecule has 0 aliphatic heterocycles. The minimum atomic E-state index is -0.800. The van der Waals surface area contributed by atoms with Gasteiger partial charge in [-0.15, -0.1) is 0 Å². The summed E-state index contributed by atoms with van der Waals surface area (Å²) in [5.41, 5.74) is -0.487. The van der Waals surface area contributed by atoms with Gasteiger partial charge in [0.1, 0.15) is 5.56 Å². The van der Waals surface area contributed by atoms with Crippen LogP contribution in [-0.2, 0) is 0 Å². The van der Waals surface area contributed by atoms with Gasteiger partial charge in [0.2, 0.25) is 0 Å². The number of hydrogen-bond donors (Lipinski definition) is 1. The van der Waals surface area contributed by atoms with Gasteiger partial charge in [0.25, 0.3) is 5.91 Å². The number of carbonyl (C=O) groups is 1. The van der Waals surface area contributed by atoms with Crippen molar-refractivity contribution in [1.82, 2.24) is 0 Å². The Balaban J connectivity index is 2.02. The van der Waals surface area contributed by atoms with E-state index in [9.17, 15) is 9.59 Å². The average molecular weight is 399 g/mol. The molecule has 0 aliphatic carbocycles. The van der Waals surface area contributed by atoms with Crippen LogP contribution in [0.2, 0.25) is 15.1 Å². The van der Waals surface area contributed by atoms with E-state index in [1.54, 1.807) is 18.2 Å². The zero-order chi connectivity index (χ0) is 18.1. The molecule has 1 N–H and O–H groups in total. The fraction of sp³-hybridized carbons (Fsp3) is 0.0588. The smallest absolute Gasteiger partial charge is 0.349 e. The molecule has 0 bridgehead atoms. The maximum absolute atomic E-state index is 12.4. The zero-order valence-electron chi connectivity index (χ0n) is 12.7. The molecular formula is C17H10Cl3NO4. The fourth-order valence-electron chi connectivity index (χ4n) is 2.24. The van der Waals surface area contributed by atoms with Crippen LogP contribution in [0.15, 0.2) is 45.6 Å². The Kier molecular flexibility index (Phi) is 4.90. The number of ether oxygens (including phenoxy) is 1. The highest BCUT2D eigenvalue weighted by atomic mass is 35.5. The quantitative estimate of drug-likeness (QED) is 0.497. The van der Waals surface area contributed by atoms with E-state index in [-0.39, 0.29) is 31.9 Å². The molecule has 3 aromatic rings. The van der Waals surface area contributed by atoms with Crippen molar-refractivity contribution < 1.29 is 13.9 Å². The van der Waals surface area contributed by atoms with Gasteiger partial charge >= 0.3 is 5.63 Å². The molecule has 0 saturated carbocycles. The van der Waals surface area contributed by atoms with Crippen LogP contribution in [0.4, 0.5) is 5.69 Å². The van der Waals surface area contributed by atoms with E-state index < -0.39 is 11.5 Å². The minimum Gasteiger partial charge on any atom is -0.493 e. The van der Waals surface area contributed by atoms with E-state index in [1.165, 1.54) is 25.3 Å². The molecule has 0 spiro atoms. The van der Waals surface area contributed by atoms with E-state index in [1.807, 2.05) is 0 Å². The predicted molar refractivity (Wildman–Crippen MR) is 98.5 cm³/mol. The normalized spacial score (nSPS) is 10.7. The second-order valence-electron chi connectivity index (χ2n) is 5.03. The van der Waals surface area contributed by atoms with Crippen molar-refractivity contribution in [3.05, 3.63) is 67.4 Å². The summed E-state index contributed by atoms with van der Waals surface area (Å²) >= 11 is 17.8. The topological polar surface area (TPSA) is 68.5 Å². The Labute approximate surface area is 157 Å². The van der Waals surface area contributed by atoms with Crippen LogP contribution in [0.5, 0.6) is 5.75 Å². The van der Waals surface area contributed by atoms with Crippen molar-refractivity contribution in [3.63, 3.8) is 0 Å². The molecule has 5 nitrogen and oxygen atoms in total. The lowest BCUT2D eigenvalue weighted by Crippen LogP contribution is -2.21. The molecule has 3 rings (SSSR count). The van der Waals surface area contributed by atoms with Crippen LogP contribution in [0.1, 0.15) is 10.4 Å². The Morgan fingerprint density at radius 2 is 1.80 bits per heavy atom. The van der Waals surface area contributed by atoms with Gasteiger partial charge in [-0.3, -0.25) is 4.79 Å². The third-order valence-corrected chi connectivity index (χ3v) is 4.48. The van der Waals surface area contributed by atoms with Crippen molar-refractivity contribution in [3.8, 4) is 5.75 Å². The number of para-hydroxylation sites is 1. The number of nitrogens with one attached hydrogen (secondary N) is 1. The maximum Gasteiger partial charge on any atom is 0.349 e. The van der Waals surface area contributed by atoms with E-state index in [0.29, 0.717) is 11.1 Å². The van der Waals surface area contributed by atoms with Crippen LogP contribution >= 0.6 is 34.8 Å².